The van der Waals surface area contributed by atoms with Gasteiger partial charge in [-0.2, -0.15) is 4.31 Å². The maximum absolute atomic E-state index is 12.3. The first-order valence-electron chi connectivity index (χ1n) is 6.50. The van der Waals surface area contributed by atoms with E-state index in [1.165, 1.54) is 16.6 Å². The van der Waals surface area contributed by atoms with Gasteiger partial charge in [-0.05, 0) is 18.9 Å². The van der Waals surface area contributed by atoms with Crippen LogP contribution in [0.2, 0.25) is 0 Å². The van der Waals surface area contributed by atoms with Gasteiger partial charge in [0.15, 0.2) is 6.54 Å². The summed E-state index contributed by atoms with van der Waals surface area (Å²) in [6.45, 7) is 1.29. The highest BCUT2D eigenvalue weighted by atomic mass is 32.2. The highest BCUT2D eigenvalue weighted by Gasteiger charge is 2.27. The maximum atomic E-state index is 12.3. The summed E-state index contributed by atoms with van der Waals surface area (Å²) in [5.74, 6) is 0.445. The number of sulfonamides is 1. The number of hydrogen-bond acceptors (Lipinski definition) is 4. The van der Waals surface area contributed by atoms with Gasteiger partial charge in [0, 0.05) is 26.2 Å². The van der Waals surface area contributed by atoms with E-state index in [1.54, 1.807) is 13.1 Å². The Hall–Kier alpha value is -1.67. The van der Waals surface area contributed by atoms with Crippen LogP contribution in [-0.4, -0.2) is 45.3 Å². The van der Waals surface area contributed by atoms with Gasteiger partial charge in [-0.3, -0.25) is 10.1 Å². The summed E-state index contributed by atoms with van der Waals surface area (Å²) >= 11 is 0. The predicted octanol–water partition coefficient (Wildman–Crippen LogP) is -0.557. The minimum atomic E-state index is -3.40. The smallest absolute Gasteiger partial charge is 0.272 e. The highest BCUT2D eigenvalue weighted by molar-refractivity contribution is 7.89. The van der Waals surface area contributed by atoms with Crippen molar-refractivity contribution in [1.82, 2.24) is 9.62 Å². The molecule has 2 heterocycles. The van der Waals surface area contributed by atoms with E-state index < -0.39 is 10.0 Å². The van der Waals surface area contributed by atoms with Crippen LogP contribution in [0.15, 0.2) is 23.2 Å². The molecule has 1 aromatic rings. The zero-order valence-electron chi connectivity index (χ0n) is 11.3. The SMILES string of the molecule is CNC(=O)CNc1ccc(S(=O)(=O)N2CCCC2)c[nH+]1. The minimum Gasteiger partial charge on any atom is -0.356 e. The van der Waals surface area contributed by atoms with Crippen molar-refractivity contribution in [3.8, 4) is 0 Å². The molecule has 1 amide bonds. The van der Waals surface area contributed by atoms with Crippen LogP contribution < -0.4 is 15.6 Å². The Bertz CT molecular complexity index is 565. The number of carbonyl (C=O) groups is 1. The van der Waals surface area contributed by atoms with E-state index in [9.17, 15) is 13.2 Å². The zero-order chi connectivity index (χ0) is 14.6. The average molecular weight is 299 g/mol. The molecule has 2 rings (SSSR count). The van der Waals surface area contributed by atoms with Crippen LogP contribution in [0.25, 0.3) is 0 Å². The fraction of sp³-hybridized carbons (Fsp3) is 0.500. The second-order valence-electron chi connectivity index (χ2n) is 4.58. The molecule has 1 aliphatic rings. The third kappa shape index (κ3) is 3.26. The Labute approximate surface area is 118 Å². The number of H-pyrrole nitrogens is 1. The number of amides is 1. The molecular formula is C12H19N4O3S+. The normalized spacial score (nSPS) is 16.1. The van der Waals surface area contributed by atoms with Gasteiger partial charge in [0.05, 0.1) is 0 Å². The number of nitrogens with one attached hydrogen (secondary N) is 3. The monoisotopic (exact) mass is 299 g/mol. The van der Waals surface area contributed by atoms with E-state index in [0.29, 0.717) is 18.9 Å². The second-order valence-corrected chi connectivity index (χ2v) is 6.51. The molecule has 1 aliphatic heterocycles. The van der Waals surface area contributed by atoms with Crippen molar-refractivity contribution in [1.29, 1.82) is 0 Å². The van der Waals surface area contributed by atoms with Crippen molar-refractivity contribution in [3.63, 3.8) is 0 Å². The lowest BCUT2D eigenvalue weighted by molar-refractivity contribution is -0.364. The van der Waals surface area contributed by atoms with Gasteiger partial charge in [-0.1, -0.05) is 0 Å². The third-order valence-corrected chi connectivity index (χ3v) is 5.10. The number of likely N-dealkylation sites (N-methyl/N-ethyl adjacent to an activating group) is 1. The van der Waals surface area contributed by atoms with Gasteiger partial charge in [0.2, 0.25) is 10.0 Å². The van der Waals surface area contributed by atoms with Crippen LogP contribution in [0.3, 0.4) is 0 Å². The highest BCUT2D eigenvalue weighted by Crippen LogP contribution is 2.19. The number of carbonyl (C=O) groups excluding carboxylic acids is 1. The van der Waals surface area contributed by atoms with Crippen LogP contribution in [0, 0.1) is 0 Å². The molecule has 1 aromatic heterocycles. The molecule has 0 aromatic carbocycles. The molecule has 0 unspecified atom stereocenters. The summed E-state index contributed by atoms with van der Waals surface area (Å²) in [5.41, 5.74) is 0. The first kappa shape index (κ1) is 14.7. The van der Waals surface area contributed by atoms with Crippen molar-refractivity contribution in [2.24, 2.45) is 0 Å². The molecule has 8 heteroatoms. The van der Waals surface area contributed by atoms with E-state index in [4.69, 9.17) is 0 Å². The Morgan fingerprint density at radius 2 is 2.05 bits per heavy atom. The van der Waals surface area contributed by atoms with E-state index >= 15 is 0 Å². The summed E-state index contributed by atoms with van der Waals surface area (Å²) in [6, 6.07) is 3.15. The van der Waals surface area contributed by atoms with Crippen LogP contribution in [0.4, 0.5) is 5.82 Å². The second kappa shape index (κ2) is 6.19. The Morgan fingerprint density at radius 3 is 2.60 bits per heavy atom. The number of pyridine rings is 1. The van der Waals surface area contributed by atoms with Crippen molar-refractivity contribution >= 4 is 21.7 Å². The molecular weight excluding hydrogens is 280 g/mol. The Balaban J connectivity index is 2.06. The molecule has 0 bridgehead atoms. The molecule has 1 saturated heterocycles. The number of anilines is 1. The van der Waals surface area contributed by atoms with E-state index in [1.807, 2.05) is 0 Å². The Morgan fingerprint density at radius 1 is 1.35 bits per heavy atom. The lowest BCUT2D eigenvalue weighted by Gasteiger charge is -2.14. The van der Waals surface area contributed by atoms with Gasteiger partial charge in [-0.15, -0.1) is 0 Å². The molecule has 1 fully saturated rings. The van der Waals surface area contributed by atoms with E-state index in [-0.39, 0.29) is 17.3 Å². The van der Waals surface area contributed by atoms with Gasteiger partial charge in [0.1, 0.15) is 11.1 Å². The zero-order valence-corrected chi connectivity index (χ0v) is 12.2. The molecule has 0 saturated carbocycles. The molecule has 0 atom stereocenters. The number of hydrogen-bond donors (Lipinski definition) is 2. The van der Waals surface area contributed by atoms with Crippen molar-refractivity contribution < 1.29 is 18.2 Å². The van der Waals surface area contributed by atoms with Crippen molar-refractivity contribution in [3.05, 3.63) is 18.3 Å². The fourth-order valence-electron chi connectivity index (χ4n) is 2.02. The first-order valence-corrected chi connectivity index (χ1v) is 7.94. The molecule has 20 heavy (non-hydrogen) atoms. The standard InChI is InChI=1S/C12H18N4O3S/c1-13-12(17)9-15-11-5-4-10(8-14-11)20(18,19)16-6-2-3-7-16/h4-5,8H,2-3,6-7,9H2,1H3,(H,13,17)(H,14,15)/p+1. The number of rotatable bonds is 5. The lowest BCUT2D eigenvalue weighted by Crippen LogP contribution is -2.30. The molecule has 7 nitrogen and oxygen atoms in total. The van der Waals surface area contributed by atoms with Gasteiger partial charge >= 0.3 is 0 Å². The molecule has 0 radical (unpaired) electrons. The van der Waals surface area contributed by atoms with Crippen LogP contribution >= 0.6 is 0 Å². The Kier molecular flexibility index (Phi) is 4.56. The van der Waals surface area contributed by atoms with E-state index in [0.717, 1.165) is 12.8 Å². The third-order valence-electron chi connectivity index (χ3n) is 3.21. The summed E-state index contributed by atoms with van der Waals surface area (Å²) in [7, 11) is -1.84. The number of aromatic nitrogens is 1. The lowest BCUT2D eigenvalue weighted by atomic mass is 10.4. The summed E-state index contributed by atoms with van der Waals surface area (Å²) in [4.78, 5) is 14.2. The largest absolute Gasteiger partial charge is 0.356 e. The number of aromatic amines is 1. The van der Waals surface area contributed by atoms with Crippen molar-refractivity contribution in [2.45, 2.75) is 17.7 Å². The van der Waals surface area contributed by atoms with Gasteiger partial charge < -0.3 is 5.32 Å². The van der Waals surface area contributed by atoms with Crippen LogP contribution in [0.1, 0.15) is 12.8 Å². The molecule has 3 N–H and O–H groups in total. The molecule has 0 spiro atoms. The van der Waals surface area contributed by atoms with Crippen LogP contribution in [0.5, 0.6) is 0 Å². The van der Waals surface area contributed by atoms with Gasteiger partial charge in [0.25, 0.3) is 11.7 Å². The summed E-state index contributed by atoms with van der Waals surface area (Å²) < 4.78 is 26.1. The van der Waals surface area contributed by atoms with E-state index in [2.05, 4.69) is 15.6 Å². The molecule has 0 aliphatic carbocycles. The van der Waals surface area contributed by atoms with Gasteiger partial charge in [-0.25, -0.2) is 13.4 Å². The predicted molar refractivity (Wildman–Crippen MR) is 73.5 cm³/mol. The van der Waals surface area contributed by atoms with Crippen LogP contribution in [-0.2, 0) is 14.8 Å². The van der Waals surface area contributed by atoms with Crippen molar-refractivity contribution in [2.75, 3.05) is 32.0 Å². The quantitative estimate of drug-likeness (QED) is 0.762. The minimum absolute atomic E-state index is 0.130. The average Bonchev–Trinajstić information content (AvgIpc) is 3.00. The summed E-state index contributed by atoms with van der Waals surface area (Å²) in [5, 5.41) is 5.36. The fourth-order valence-corrected chi connectivity index (χ4v) is 3.51. The molecule has 110 valence electrons. The summed E-state index contributed by atoms with van der Waals surface area (Å²) in [6.07, 6.45) is 3.27. The number of nitrogens with zero attached hydrogens (tertiary/aromatic N) is 1. The first-order chi connectivity index (χ1) is 9.54. The topological polar surface area (TPSA) is 92.7 Å². The maximum Gasteiger partial charge on any atom is 0.272 e.